The van der Waals surface area contributed by atoms with Gasteiger partial charge in [0.05, 0.1) is 6.61 Å². The van der Waals surface area contributed by atoms with Crippen LogP contribution in [-0.2, 0) is 5.41 Å². The van der Waals surface area contributed by atoms with E-state index in [0.29, 0.717) is 10.8 Å². The third kappa shape index (κ3) is 1.96. The molecule has 0 amide bonds. The topological polar surface area (TPSA) is 42.2 Å². The molecule has 0 fully saturated rings. The van der Waals surface area contributed by atoms with Crippen LogP contribution < -0.4 is 5.56 Å². The first-order valence-electron chi connectivity index (χ1n) is 5.38. The van der Waals surface area contributed by atoms with Crippen LogP contribution in [0.4, 0.5) is 4.48 Å². The Kier molecular flexibility index (Phi) is 2.75. The molecule has 1 heterocycles. The first kappa shape index (κ1) is 11.8. The molecule has 1 N–H and O–H groups in total. The van der Waals surface area contributed by atoms with Gasteiger partial charge < -0.3 is 5.11 Å². The summed E-state index contributed by atoms with van der Waals surface area (Å²) < 4.78 is 13.0. The van der Waals surface area contributed by atoms with E-state index in [2.05, 4.69) is 0 Å². The minimum atomic E-state index is -0.657. The van der Waals surface area contributed by atoms with Crippen LogP contribution in [0.1, 0.15) is 19.4 Å². The molecule has 1 aromatic carbocycles. The van der Waals surface area contributed by atoms with Gasteiger partial charge in [-0.15, -0.1) is 4.79 Å². The second kappa shape index (κ2) is 3.96. The van der Waals surface area contributed by atoms with Crippen molar-refractivity contribution >= 4 is 10.8 Å². The quantitative estimate of drug-likeness (QED) is 0.865. The number of nitrogens with zero attached hydrogens (tertiary/aromatic N) is 1. The molecule has 0 saturated heterocycles. The van der Waals surface area contributed by atoms with E-state index in [0.717, 1.165) is 11.8 Å². The molecule has 0 saturated carbocycles. The number of aromatic nitrogens is 1. The van der Waals surface area contributed by atoms with Crippen molar-refractivity contribution in [2.45, 2.75) is 19.3 Å². The molecular weight excluding hydrogens is 221 g/mol. The second-order valence-corrected chi connectivity index (χ2v) is 4.78. The fourth-order valence-electron chi connectivity index (χ4n) is 1.74. The Bertz CT molecular complexity index is 616. The number of hydrogen-bond donors (Lipinski definition) is 1. The van der Waals surface area contributed by atoms with Gasteiger partial charge in [0, 0.05) is 17.0 Å². The number of hydrogen-bond acceptors (Lipinski definition) is 2. The number of rotatable bonds is 2. The number of aliphatic hydroxyl groups excluding tert-OH is 1. The lowest BCUT2D eigenvalue weighted by Gasteiger charge is -2.22. The van der Waals surface area contributed by atoms with Crippen molar-refractivity contribution in [3.8, 4) is 0 Å². The Labute approximate surface area is 98.1 Å². The standard InChI is InChI=1S/C13H14FNO2/c1-13(2,8-16)10-3-4-11-9(7-10)5-6-15(14)12(11)17/h3-7,16H,8H2,1-2H3. The van der Waals surface area contributed by atoms with Crippen LogP contribution in [0.15, 0.2) is 35.3 Å². The molecule has 0 aliphatic carbocycles. The Hall–Kier alpha value is -1.68. The number of halogens is 1. The molecule has 2 rings (SSSR count). The van der Waals surface area contributed by atoms with E-state index in [-0.39, 0.29) is 16.8 Å². The average molecular weight is 235 g/mol. The highest BCUT2D eigenvalue weighted by atomic mass is 19.2. The lowest BCUT2D eigenvalue weighted by molar-refractivity contribution is 0.218. The molecule has 0 bridgehead atoms. The number of pyridine rings is 1. The highest BCUT2D eigenvalue weighted by molar-refractivity contribution is 5.82. The minimum Gasteiger partial charge on any atom is -0.395 e. The maximum absolute atomic E-state index is 13.0. The molecule has 0 atom stereocenters. The number of fused-ring (bicyclic) bond motifs is 1. The largest absolute Gasteiger partial charge is 0.395 e. The summed E-state index contributed by atoms with van der Waals surface area (Å²) in [6, 6.07) is 6.71. The van der Waals surface area contributed by atoms with Gasteiger partial charge in [-0.05, 0) is 23.1 Å². The van der Waals surface area contributed by atoms with E-state index in [4.69, 9.17) is 0 Å². The summed E-state index contributed by atoms with van der Waals surface area (Å²) >= 11 is 0. The second-order valence-electron chi connectivity index (χ2n) is 4.78. The predicted molar refractivity (Wildman–Crippen MR) is 64.8 cm³/mol. The summed E-state index contributed by atoms with van der Waals surface area (Å²) in [5.41, 5.74) is -0.113. The Morgan fingerprint density at radius 1 is 1.35 bits per heavy atom. The molecule has 1 aromatic heterocycles. The van der Waals surface area contributed by atoms with E-state index in [1.54, 1.807) is 18.2 Å². The summed E-state index contributed by atoms with van der Waals surface area (Å²) in [5, 5.41) is 10.3. The van der Waals surface area contributed by atoms with Gasteiger partial charge in [0.1, 0.15) is 0 Å². The highest BCUT2D eigenvalue weighted by Crippen LogP contribution is 2.25. The highest BCUT2D eigenvalue weighted by Gasteiger charge is 2.19. The van der Waals surface area contributed by atoms with Crippen LogP contribution in [0.25, 0.3) is 10.8 Å². The molecule has 4 heteroatoms. The molecule has 0 spiro atoms. The maximum atomic E-state index is 13.0. The van der Waals surface area contributed by atoms with Gasteiger partial charge in [-0.2, -0.15) is 0 Å². The number of benzene rings is 1. The first-order chi connectivity index (χ1) is 7.95. The summed E-state index contributed by atoms with van der Waals surface area (Å²) in [4.78, 5) is 11.6. The predicted octanol–water partition coefficient (Wildman–Crippen LogP) is 2.00. The van der Waals surface area contributed by atoms with Crippen molar-refractivity contribution in [3.63, 3.8) is 0 Å². The van der Waals surface area contributed by atoms with Crippen molar-refractivity contribution in [2.75, 3.05) is 6.61 Å². The van der Waals surface area contributed by atoms with Crippen LogP contribution in [0, 0.1) is 0 Å². The molecule has 0 aliphatic rings. The third-order valence-corrected chi connectivity index (χ3v) is 3.04. The van der Waals surface area contributed by atoms with E-state index in [9.17, 15) is 14.4 Å². The summed E-state index contributed by atoms with van der Waals surface area (Å²) in [6.07, 6.45) is 1.10. The van der Waals surface area contributed by atoms with Crippen LogP contribution >= 0.6 is 0 Å². The zero-order valence-electron chi connectivity index (χ0n) is 9.77. The fraction of sp³-hybridized carbons (Fsp3) is 0.308. The third-order valence-electron chi connectivity index (χ3n) is 3.04. The van der Waals surface area contributed by atoms with Gasteiger partial charge in [-0.1, -0.05) is 30.5 Å². The molecule has 2 aromatic rings. The average Bonchev–Trinajstić information content (AvgIpc) is 2.33. The zero-order chi connectivity index (χ0) is 12.6. The van der Waals surface area contributed by atoms with Crippen molar-refractivity contribution in [1.29, 1.82) is 0 Å². The van der Waals surface area contributed by atoms with E-state index >= 15 is 0 Å². The van der Waals surface area contributed by atoms with Crippen molar-refractivity contribution in [3.05, 3.63) is 46.4 Å². The minimum absolute atomic E-state index is 0.0126. The van der Waals surface area contributed by atoms with Crippen molar-refractivity contribution < 1.29 is 9.59 Å². The maximum Gasteiger partial charge on any atom is 0.286 e. The monoisotopic (exact) mass is 235 g/mol. The SMILES string of the molecule is CC(C)(CO)c1ccc2c(=O)n(F)ccc2c1. The fourth-order valence-corrected chi connectivity index (χ4v) is 1.74. The molecule has 0 radical (unpaired) electrons. The van der Waals surface area contributed by atoms with Crippen LogP contribution in [0.2, 0.25) is 0 Å². The van der Waals surface area contributed by atoms with Gasteiger partial charge in [-0.25, -0.2) is 0 Å². The smallest absolute Gasteiger partial charge is 0.286 e. The van der Waals surface area contributed by atoms with Gasteiger partial charge in [-0.3, -0.25) is 4.79 Å². The molecule has 17 heavy (non-hydrogen) atoms. The number of aliphatic hydroxyl groups is 1. The Morgan fingerprint density at radius 3 is 2.71 bits per heavy atom. The van der Waals surface area contributed by atoms with Gasteiger partial charge in [0.15, 0.2) is 0 Å². The molecule has 0 aliphatic heterocycles. The molecule has 3 nitrogen and oxygen atoms in total. The lowest BCUT2D eigenvalue weighted by atomic mass is 9.85. The van der Waals surface area contributed by atoms with E-state index in [1.807, 2.05) is 19.9 Å². The van der Waals surface area contributed by atoms with Gasteiger partial charge >= 0.3 is 0 Å². The lowest BCUT2D eigenvalue weighted by Crippen LogP contribution is -2.22. The van der Waals surface area contributed by atoms with Gasteiger partial charge in [0.2, 0.25) is 0 Å². The van der Waals surface area contributed by atoms with Gasteiger partial charge in [0.25, 0.3) is 5.56 Å². The summed E-state index contributed by atoms with van der Waals surface area (Å²) in [5.74, 6) is 0. The molecule has 90 valence electrons. The molecule has 0 unspecified atom stereocenters. The first-order valence-corrected chi connectivity index (χ1v) is 5.38. The van der Waals surface area contributed by atoms with E-state index in [1.165, 1.54) is 0 Å². The van der Waals surface area contributed by atoms with Crippen molar-refractivity contribution in [2.24, 2.45) is 0 Å². The summed E-state index contributed by atoms with van der Waals surface area (Å²) in [6.45, 7) is 3.83. The Morgan fingerprint density at radius 2 is 2.06 bits per heavy atom. The zero-order valence-corrected chi connectivity index (χ0v) is 9.77. The molecular formula is C13H14FNO2. The van der Waals surface area contributed by atoms with Crippen LogP contribution in [-0.4, -0.2) is 16.5 Å². The normalized spacial score (nSPS) is 12.0. The van der Waals surface area contributed by atoms with Crippen molar-refractivity contribution in [1.82, 2.24) is 4.79 Å². The van der Waals surface area contributed by atoms with Crippen LogP contribution in [0.3, 0.4) is 0 Å². The Balaban J connectivity index is 2.68. The summed E-state index contributed by atoms with van der Waals surface area (Å²) in [7, 11) is 0. The van der Waals surface area contributed by atoms with Crippen LogP contribution in [0.5, 0.6) is 0 Å². The van der Waals surface area contributed by atoms with E-state index < -0.39 is 5.56 Å².